The lowest BCUT2D eigenvalue weighted by Crippen LogP contribution is -1.95. The zero-order valence-electron chi connectivity index (χ0n) is 10.7. The maximum absolute atomic E-state index is 6.52. The highest BCUT2D eigenvalue weighted by Gasteiger charge is 2.14. The molecule has 0 aliphatic rings. The Morgan fingerprint density at radius 1 is 0.947 bits per heavy atom. The van der Waals surface area contributed by atoms with E-state index in [9.17, 15) is 0 Å². The molecule has 0 bridgehead atoms. The number of ether oxygens (including phenoxy) is 2. The second-order valence-electron chi connectivity index (χ2n) is 4.02. The van der Waals surface area contributed by atoms with Gasteiger partial charge in [-0.25, -0.2) is 0 Å². The Kier molecular flexibility index (Phi) is 4.72. The van der Waals surface area contributed by atoms with Crippen LogP contribution in [0.1, 0.15) is 16.5 Å². The molecule has 0 amide bonds. The van der Waals surface area contributed by atoms with E-state index in [0.29, 0.717) is 0 Å². The summed E-state index contributed by atoms with van der Waals surface area (Å²) in [6, 6.07) is 13.5. The van der Waals surface area contributed by atoms with Crippen molar-refractivity contribution in [3.8, 4) is 11.5 Å². The van der Waals surface area contributed by atoms with E-state index in [4.69, 9.17) is 21.1 Å². The second kappa shape index (κ2) is 6.31. The monoisotopic (exact) mass is 340 g/mol. The van der Waals surface area contributed by atoms with Gasteiger partial charge in [-0.05, 0) is 35.4 Å². The largest absolute Gasteiger partial charge is 0.497 e. The van der Waals surface area contributed by atoms with E-state index >= 15 is 0 Å². The lowest BCUT2D eigenvalue weighted by atomic mass is 10.0. The Hall–Kier alpha value is -1.19. The highest BCUT2D eigenvalue weighted by Crippen LogP contribution is 2.36. The third-order valence-electron chi connectivity index (χ3n) is 2.89. The molecule has 0 aliphatic heterocycles. The van der Waals surface area contributed by atoms with Gasteiger partial charge in [0.25, 0.3) is 0 Å². The van der Waals surface area contributed by atoms with Crippen molar-refractivity contribution in [3.05, 3.63) is 58.1 Å². The number of rotatable bonds is 4. The van der Waals surface area contributed by atoms with Crippen molar-refractivity contribution in [1.29, 1.82) is 0 Å². The molecule has 100 valence electrons. The molecule has 0 radical (unpaired) electrons. The average molecular weight is 342 g/mol. The molecular weight excluding hydrogens is 328 g/mol. The van der Waals surface area contributed by atoms with E-state index in [-0.39, 0.29) is 5.38 Å². The lowest BCUT2D eigenvalue weighted by Gasteiger charge is -2.13. The van der Waals surface area contributed by atoms with Crippen LogP contribution in [0.4, 0.5) is 0 Å². The first-order chi connectivity index (χ1) is 9.15. The maximum atomic E-state index is 6.52. The number of halogens is 2. The van der Waals surface area contributed by atoms with Crippen LogP contribution >= 0.6 is 27.5 Å². The molecule has 2 rings (SSSR count). The quantitative estimate of drug-likeness (QED) is 0.744. The summed E-state index contributed by atoms with van der Waals surface area (Å²) in [6.45, 7) is 0. The van der Waals surface area contributed by atoms with Gasteiger partial charge in [0.05, 0.1) is 19.6 Å². The van der Waals surface area contributed by atoms with Gasteiger partial charge in [0.2, 0.25) is 0 Å². The molecule has 2 aromatic rings. The molecule has 1 atom stereocenters. The predicted octanol–water partition coefficient (Wildman–Crippen LogP) is 4.79. The first-order valence-electron chi connectivity index (χ1n) is 5.77. The Morgan fingerprint density at radius 3 is 2.05 bits per heavy atom. The molecule has 0 saturated heterocycles. The molecule has 0 aromatic heterocycles. The summed E-state index contributed by atoms with van der Waals surface area (Å²) in [5.74, 6) is 1.62. The molecular formula is C15H14BrClO2. The van der Waals surface area contributed by atoms with Crippen molar-refractivity contribution in [3.63, 3.8) is 0 Å². The summed E-state index contributed by atoms with van der Waals surface area (Å²) in [6.07, 6.45) is 0. The molecule has 1 unspecified atom stereocenters. The van der Waals surface area contributed by atoms with Gasteiger partial charge in [0.15, 0.2) is 0 Å². The first kappa shape index (κ1) is 14.2. The average Bonchev–Trinajstić information content (AvgIpc) is 2.46. The number of alkyl halides is 1. The van der Waals surface area contributed by atoms with E-state index in [1.165, 1.54) is 0 Å². The van der Waals surface area contributed by atoms with Gasteiger partial charge in [-0.15, -0.1) is 11.6 Å². The van der Waals surface area contributed by atoms with Crippen LogP contribution in [-0.4, -0.2) is 14.2 Å². The van der Waals surface area contributed by atoms with Crippen LogP contribution in [0.25, 0.3) is 0 Å². The number of hydrogen-bond donors (Lipinski definition) is 0. The van der Waals surface area contributed by atoms with Gasteiger partial charge in [-0.3, -0.25) is 0 Å². The fourth-order valence-electron chi connectivity index (χ4n) is 1.79. The van der Waals surface area contributed by atoms with Crippen LogP contribution in [0.15, 0.2) is 46.9 Å². The maximum Gasteiger partial charge on any atom is 0.120 e. The van der Waals surface area contributed by atoms with Crippen molar-refractivity contribution in [2.45, 2.75) is 5.38 Å². The van der Waals surface area contributed by atoms with Crippen LogP contribution in [0.5, 0.6) is 11.5 Å². The van der Waals surface area contributed by atoms with E-state index in [1.54, 1.807) is 14.2 Å². The zero-order chi connectivity index (χ0) is 13.8. The van der Waals surface area contributed by atoms with Crippen LogP contribution in [0, 0.1) is 0 Å². The van der Waals surface area contributed by atoms with Crippen molar-refractivity contribution >= 4 is 27.5 Å². The molecule has 0 heterocycles. The standard InChI is InChI=1S/C15H14BrClO2/c1-18-11-5-3-10(4-6-11)15(17)13-8-7-12(19-2)9-14(13)16/h3-9,15H,1-2H3. The molecule has 0 saturated carbocycles. The van der Waals surface area contributed by atoms with Crippen LogP contribution in [0.2, 0.25) is 0 Å². The summed E-state index contributed by atoms with van der Waals surface area (Å²) in [4.78, 5) is 0. The van der Waals surface area contributed by atoms with E-state index in [0.717, 1.165) is 27.1 Å². The molecule has 0 N–H and O–H groups in total. The van der Waals surface area contributed by atoms with Crippen molar-refractivity contribution in [2.75, 3.05) is 14.2 Å². The number of hydrogen-bond acceptors (Lipinski definition) is 2. The first-order valence-corrected chi connectivity index (χ1v) is 7.00. The molecule has 0 aliphatic carbocycles. The van der Waals surface area contributed by atoms with Crippen molar-refractivity contribution < 1.29 is 9.47 Å². The Bertz CT molecular complexity index is 555. The fraction of sp³-hybridized carbons (Fsp3) is 0.200. The molecule has 2 aromatic carbocycles. The van der Waals surface area contributed by atoms with Crippen LogP contribution in [0.3, 0.4) is 0 Å². The predicted molar refractivity (Wildman–Crippen MR) is 81.4 cm³/mol. The van der Waals surface area contributed by atoms with Crippen LogP contribution < -0.4 is 9.47 Å². The third kappa shape index (κ3) is 3.23. The Labute approximate surface area is 126 Å². The molecule has 4 heteroatoms. The molecule has 19 heavy (non-hydrogen) atoms. The minimum atomic E-state index is -0.216. The SMILES string of the molecule is COc1ccc(C(Cl)c2ccc(OC)cc2Br)cc1. The topological polar surface area (TPSA) is 18.5 Å². The van der Waals surface area contributed by atoms with E-state index in [2.05, 4.69) is 15.9 Å². The number of benzene rings is 2. The van der Waals surface area contributed by atoms with Crippen molar-refractivity contribution in [2.24, 2.45) is 0 Å². The van der Waals surface area contributed by atoms with Gasteiger partial charge < -0.3 is 9.47 Å². The van der Waals surface area contributed by atoms with Gasteiger partial charge in [-0.1, -0.05) is 34.1 Å². The second-order valence-corrected chi connectivity index (χ2v) is 5.31. The fourth-order valence-corrected chi connectivity index (χ4v) is 2.85. The lowest BCUT2D eigenvalue weighted by molar-refractivity contribution is 0.414. The van der Waals surface area contributed by atoms with Gasteiger partial charge >= 0.3 is 0 Å². The van der Waals surface area contributed by atoms with E-state index in [1.807, 2.05) is 42.5 Å². The Morgan fingerprint density at radius 2 is 1.53 bits per heavy atom. The highest BCUT2D eigenvalue weighted by molar-refractivity contribution is 9.10. The highest BCUT2D eigenvalue weighted by atomic mass is 79.9. The third-order valence-corrected chi connectivity index (χ3v) is 4.06. The van der Waals surface area contributed by atoms with Gasteiger partial charge in [0, 0.05) is 4.47 Å². The van der Waals surface area contributed by atoms with Gasteiger partial charge in [0.1, 0.15) is 11.5 Å². The summed E-state index contributed by atoms with van der Waals surface area (Å²) < 4.78 is 11.2. The Balaban J connectivity index is 2.29. The minimum absolute atomic E-state index is 0.216. The van der Waals surface area contributed by atoms with Gasteiger partial charge in [-0.2, -0.15) is 0 Å². The van der Waals surface area contributed by atoms with Crippen molar-refractivity contribution in [1.82, 2.24) is 0 Å². The zero-order valence-corrected chi connectivity index (χ0v) is 13.0. The normalized spacial score (nSPS) is 12.0. The molecule has 0 fully saturated rings. The molecule has 0 spiro atoms. The van der Waals surface area contributed by atoms with E-state index < -0.39 is 0 Å². The smallest absolute Gasteiger partial charge is 0.120 e. The summed E-state index contributed by atoms with van der Waals surface area (Å²) in [5.41, 5.74) is 2.03. The number of methoxy groups -OCH3 is 2. The summed E-state index contributed by atoms with van der Waals surface area (Å²) in [5, 5.41) is -0.216. The van der Waals surface area contributed by atoms with Crippen LogP contribution in [-0.2, 0) is 0 Å². The minimum Gasteiger partial charge on any atom is -0.497 e. The summed E-state index contributed by atoms with van der Waals surface area (Å²) >= 11 is 10.0. The summed E-state index contributed by atoms with van der Waals surface area (Å²) in [7, 11) is 3.29. The molecule has 2 nitrogen and oxygen atoms in total.